The summed E-state index contributed by atoms with van der Waals surface area (Å²) in [5, 5.41) is 27.9. The highest BCUT2D eigenvalue weighted by Crippen LogP contribution is 2.20. The van der Waals surface area contributed by atoms with Crippen molar-refractivity contribution in [2.45, 2.75) is 6.54 Å². The molecule has 0 saturated heterocycles. The lowest BCUT2D eigenvalue weighted by atomic mass is 10.2. The second-order valence-electron chi connectivity index (χ2n) is 4.72. The Balaban J connectivity index is 1.93. The van der Waals surface area contributed by atoms with E-state index in [0.717, 1.165) is 11.3 Å². The molecule has 3 aromatic rings. The normalized spacial score (nSPS) is 10.1. The van der Waals surface area contributed by atoms with Crippen molar-refractivity contribution in [2.75, 3.05) is 5.01 Å². The fraction of sp³-hybridized carbons (Fsp3) is 0.0625. The lowest BCUT2D eigenvalue weighted by Crippen LogP contribution is -2.27. The lowest BCUT2D eigenvalue weighted by Gasteiger charge is -2.25. The van der Waals surface area contributed by atoms with Crippen molar-refractivity contribution in [3.8, 4) is 11.8 Å². The molecule has 0 aliphatic carbocycles. The quantitative estimate of drug-likeness (QED) is 0.798. The number of phenols is 1. The molecule has 22 heavy (non-hydrogen) atoms. The first-order chi connectivity index (χ1) is 10.8. The molecular weight excluding hydrogens is 278 g/mol. The number of anilines is 1. The van der Waals surface area contributed by atoms with Crippen LogP contribution in [0.5, 0.6) is 5.75 Å². The molecule has 0 amide bonds. The maximum atomic E-state index is 9.38. The molecule has 1 N–H and O–H groups in total. The summed E-state index contributed by atoms with van der Waals surface area (Å²) in [6.07, 6.45) is 3.22. The topological polar surface area (TPSA) is 78.0 Å². The standard InChI is InChI=1S/C16H13N5O/c17-9-13-1-5-15(6-2-13)21(20-11-18-19-12-20)10-14-3-7-16(22)8-4-14/h1-8,11-12,22H,10H2. The summed E-state index contributed by atoms with van der Waals surface area (Å²) in [6, 6.07) is 16.4. The average molecular weight is 291 g/mol. The number of aromatic nitrogens is 3. The molecule has 0 unspecified atom stereocenters. The minimum atomic E-state index is 0.234. The third kappa shape index (κ3) is 2.88. The zero-order chi connectivity index (χ0) is 15.4. The minimum Gasteiger partial charge on any atom is -0.508 e. The maximum absolute atomic E-state index is 9.38. The Morgan fingerprint density at radius 1 is 1.00 bits per heavy atom. The first kappa shape index (κ1) is 13.6. The molecule has 0 atom stereocenters. The van der Waals surface area contributed by atoms with Crippen molar-refractivity contribution in [3.05, 3.63) is 72.3 Å². The largest absolute Gasteiger partial charge is 0.508 e. The molecule has 1 heterocycles. The zero-order valence-corrected chi connectivity index (χ0v) is 11.7. The van der Waals surface area contributed by atoms with Crippen LogP contribution in [0.25, 0.3) is 0 Å². The van der Waals surface area contributed by atoms with Gasteiger partial charge in [-0.25, -0.2) is 4.68 Å². The molecule has 0 radical (unpaired) electrons. The van der Waals surface area contributed by atoms with Gasteiger partial charge < -0.3 is 5.11 Å². The van der Waals surface area contributed by atoms with Crippen LogP contribution in [0.15, 0.2) is 61.2 Å². The molecule has 1 aromatic heterocycles. The Morgan fingerprint density at radius 2 is 1.64 bits per heavy atom. The molecule has 0 bridgehead atoms. The third-order valence-corrected chi connectivity index (χ3v) is 3.25. The van der Waals surface area contributed by atoms with Crippen LogP contribution in [0.3, 0.4) is 0 Å². The predicted molar refractivity (Wildman–Crippen MR) is 80.9 cm³/mol. The van der Waals surface area contributed by atoms with Gasteiger partial charge in [-0.15, -0.1) is 10.2 Å². The smallest absolute Gasteiger partial charge is 0.139 e. The monoisotopic (exact) mass is 291 g/mol. The Kier molecular flexibility index (Phi) is 3.70. The molecule has 0 spiro atoms. The number of nitriles is 1. The van der Waals surface area contributed by atoms with Crippen LogP contribution in [0.1, 0.15) is 11.1 Å². The van der Waals surface area contributed by atoms with Crippen LogP contribution >= 0.6 is 0 Å². The minimum absolute atomic E-state index is 0.234. The van der Waals surface area contributed by atoms with Crippen LogP contribution in [-0.2, 0) is 6.54 Å². The SMILES string of the molecule is N#Cc1ccc(N(Cc2ccc(O)cc2)n2cnnc2)cc1. The summed E-state index contributed by atoms with van der Waals surface area (Å²) < 4.78 is 1.77. The molecule has 6 nitrogen and oxygen atoms in total. The van der Waals surface area contributed by atoms with Gasteiger partial charge in [-0.3, -0.25) is 5.01 Å². The molecule has 3 rings (SSSR count). The van der Waals surface area contributed by atoms with E-state index in [1.165, 1.54) is 0 Å². The number of benzene rings is 2. The first-order valence-electron chi connectivity index (χ1n) is 6.67. The summed E-state index contributed by atoms with van der Waals surface area (Å²) >= 11 is 0. The number of hydrogen-bond donors (Lipinski definition) is 1. The third-order valence-electron chi connectivity index (χ3n) is 3.25. The molecule has 6 heteroatoms. The molecular formula is C16H13N5O. The van der Waals surface area contributed by atoms with Crippen molar-refractivity contribution >= 4 is 5.69 Å². The van der Waals surface area contributed by atoms with Crippen LogP contribution in [0.2, 0.25) is 0 Å². The van der Waals surface area contributed by atoms with E-state index in [1.54, 1.807) is 41.6 Å². The number of rotatable bonds is 4. The van der Waals surface area contributed by atoms with Crippen molar-refractivity contribution in [2.24, 2.45) is 0 Å². The summed E-state index contributed by atoms with van der Waals surface area (Å²) in [7, 11) is 0. The number of hydrogen-bond acceptors (Lipinski definition) is 5. The Bertz CT molecular complexity index is 773. The van der Waals surface area contributed by atoms with E-state index < -0.39 is 0 Å². The van der Waals surface area contributed by atoms with E-state index in [2.05, 4.69) is 16.3 Å². The van der Waals surface area contributed by atoms with Gasteiger partial charge in [-0.1, -0.05) is 12.1 Å². The number of aromatic hydroxyl groups is 1. The predicted octanol–water partition coefficient (Wildman–Crippen LogP) is 2.33. The van der Waals surface area contributed by atoms with Crippen molar-refractivity contribution in [1.82, 2.24) is 14.9 Å². The second kappa shape index (κ2) is 5.97. The zero-order valence-electron chi connectivity index (χ0n) is 11.7. The lowest BCUT2D eigenvalue weighted by molar-refractivity contribution is 0.475. The Labute approximate surface area is 127 Å². The van der Waals surface area contributed by atoms with E-state index in [-0.39, 0.29) is 5.75 Å². The Hall–Kier alpha value is -3.33. The van der Waals surface area contributed by atoms with E-state index >= 15 is 0 Å². The van der Waals surface area contributed by atoms with Gasteiger partial charge in [-0.05, 0) is 42.0 Å². The summed E-state index contributed by atoms with van der Waals surface area (Å²) in [5.41, 5.74) is 2.54. The van der Waals surface area contributed by atoms with Gasteiger partial charge in [0, 0.05) is 0 Å². The molecule has 108 valence electrons. The summed E-state index contributed by atoms with van der Waals surface area (Å²) in [4.78, 5) is 0. The fourth-order valence-electron chi connectivity index (χ4n) is 2.11. The highest BCUT2D eigenvalue weighted by atomic mass is 16.3. The second-order valence-corrected chi connectivity index (χ2v) is 4.72. The summed E-state index contributed by atoms with van der Waals surface area (Å²) in [5.74, 6) is 0.234. The Morgan fingerprint density at radius 3 is 2.23 bits per heavy atom. The van der Waals surface area contributed by atoms with Crippen molar-refractivity contribution in [1.29, 1.82) is 5.26 Å². The number of nitrogens with zero attached hydrogens (tertiary/aromatic N) is 5. The molecule has 0 fully saturated rings. The molecule has 0 aliphatic rings. The van der Waals surface area contributed by atoms with E-state index in [9.17, 15) is 5.11 Å². The van der Waals surface area contributed by atoms with Gasteiger partial charge in [0.2, 0.25) is 0 Å². The molecule has 0 aliphatic heterocycles. The van der Waals surface area contributed by atoms with E-state index in [0.29, 0.717) is 12.1 Å². The maximum Gasteiger partial charge on any atom is 0.139 e. The first-order valence-corrected chi connectivity index (χ1v) is 6.67. The van der Waals surface area contributed by atoms with E-state index in [4.69, 9.17) is 5.26 Å². The summed E-state index contributed by atoms with van der Waals surface area (Å²) in [6.45, 7) is 0.574. The highest BCUT2D eigenvalue weighted by Gasteiger charge is 2.10. The van der Waals surface area contributed by atoms with Gasteiger partial charge >= 0.3 is 0 Å². The van der Waals surface area contributed by atoms with Gasteiger partial charge in [0.05, 0.1) is 23.9 Å². The van der Waals surface area contributed by atoms with Crippen LogP contribution in [0, 0.1) is 11.3 Å². The fourth-order valence-corrected chi connectivity index (χ4v) is 2.11. The van der Waals surface area contributed by atoms with Gasteiger partial charge in [0.15, 0.2) is 0 Å². The van der Waals surface area contributed by atoms with E-state index in [1.807, 2.05) is 29.3 Å². The number of phenolic OH excluding ortho intramolecular Hbond substituents is 1. The average Bonchev–Trinajstić information content (AvgIpc) is 3.09. The molecule has 2 aromatic carbocycles. The van der Waals surface area contributed by atoms with Crippen LogP contribution in [-0.4, -0.2) is 20.0 Å². The van der Waals surface area contributed by atoms with Crippen molar-refractivity contribution < 1.29 is 5.11 Å². The molecule has 0 saturated carbocycles. The van der Waals surface area contributed by atoms with Gasteiger partial charge in [0.25, 0.3) is 0 Å². The van der Waals surface area contributed by atoms with Crippen LogP contribution < -0.4 is 5.01 Å². The van der Waals surface area contributed by atoms with Crippen molar-refractivity contribution in [3.63, 3.8) is 0 Å². The van der Waals surface area contributed by atoms with Gasteiger partial charge in [0.1, 0.15) is 18.4 Å². The highest BCUT2D eigenvalue weighted by molar-refractivity contribution is 5.49. The van der Waals surface area contributed by atoms with Crippen LogP contribution in [0.4, 0.5) is 5.69 Å². The van der Waals surface area contributed by atoms with Gasteiger partial charge in [-0.2, -0.15) is 5.26 Å².